The smallest absolute Gasteiger partial charge is 0.267 e. The highest BCUT2D eigenvalue weighted by atomic mass is 16.5. The summed E-state index contributed by atoms with van der Waals surface area (Å²) < 4.78 is 5.56. The van der Waals surface area contributed by atoms with Gasteiger partial charge in [-0.2, -0.15) is 5.10 Å². The number of aromatic nitrogens is 2. The van der Waals surface area contributed by atoms with Crippen molar-refractivity contribution in [3.05, 3.63) is 23.8 Å². The number of rotatable bonds is 2. The number of nitrogen functional groups attached to an aromatic ring is 1. The topological polar surface area (TPSA) is 101 Å². The van der Waals surface area contributed by atoms with Gasteiger partial charge in [0.15, 0.2) is 18.2 Å². The second-order valence-electron chi connectivity index (χ2n) is 4.86. The van der Waals surface area contributed by atoms with Gasteiger partial charge in [0.1, 0.15) is 5.75 Å². The standard InChI is InChI=1S/C14H14N4O3/c1-7-14(20)18(2)10-5-8(3-4-11(10)21-7)12-9(6-19)13(15)17-16-12/h3-7H,1-2H3,(H3,15,16,17). The zero-order valence-corrected chi connectivity index (χ0v) is 11.6. The monoisotopic (exact) mass is 286 g/mol. The van der Waals surface area contributed by atoms with Crippen LogP contribution in [-0.2, 0) is 4.79 Å². The summed E-state index contributed by atoms with van der Waals surface area (Å²) in [6.07, 6.45) is 0.141. The fourth-order valence-electron chi connectivity index (χ4n) is 2.37. The first kappa shape index (κ1) is 13.2. The van der Waals surface area contributed by atoms with Crippen LogP contribution in [0.25, 0.3) is 11.3 Å². The lowest BCUT2D eigenvalue weighted by Gasteiger charge is -2.30. The first-order valence-corrected chi connectivity index (χ1v) is 6.40. The summed E-state index contributed by atoms with van der Waals surface area (Å²) in [6, 6.07) is 5.31. The molecular formula is C14H14N4O3. The highest BCUT2D eigenvalue weighted by molar-refractivity contribution is 6.00. The first-order chi connectivity index (χ1) is 10.0. The van der Waals surface area contributed by atoms with E-state index < -0.39 is 6.10 Å². The van der Waals surface area contributed by atoms with Gasteiger partial charge in [0, 0.05) is 12.6 Å². The number of nitrogens with one attached hydrogen (secondary N) is 1. The second kappa shape index (κ2) is 4.62. The van der Waals surface area contributed by atoms with E-state index in [0.717, 1.165) is 0 Å². The Labute approximate surface area is 120 Å². The summed E-state index contributed by atoms with van der Waals surface area (Å²) in [6.45, 7) is 1.70. The van der Waals surface area contributed by atoms with Crippen molar-refractivity contribution in [1.82, 2.24) is 10.2 Å². The number of aromatic amines is 1. The van der Waals surface area contributed by atoms with Gasteiger partial charge in [0.2, 0.25) is 0 Å². The predicted octanol–water partition coefficient (Wildman–Crippen LogP) is 1.22. The Bertz CT molecular complexity index is 738. The molecule has 1 aliphatic heterocycles. The SMILES string of the molecule is CC1Oc2ccc(-c3[nH]nc(N)c3C=O)cc2N(C)C1=O. The molecule has 3 rings (SSSR count). The molecule has 0 saturated heterocycles. The Morgan fingerprint density at radius 3 is 2.95 bits per heavy atom. The Balaban J connectivity index is 2.11. The van der Waals surface area contributed by atoms with Crippen LogP contribution in [0.1, 0.15) is 17.3 Å². The number of amides is 1. The molecule has 7 heteroatoms. The number of anilines is 2. The lowest BCUT2D eigenvalue weighted by Crippen LogP contribution is -2.41. The maximum atomic E-state index is 12.0. The molecule has 0 radical (unpaired) electrons. The van der Waals surface area contributed by atoms with E-state index in [1.807, 2.05) is 0 Å². The minimum atomic E-state index is -0.512. The number of hydrogen-bond acceptors (Lipinski definition) is 5. The molecule has 1 aromatic carbocycles. The molecule has 3 N–H and O–H groups in total. The van der Waals surface area contributed by atoms with Crippen molar-refractivity contribution in [3.8, 4) is 17.0 Å². The summed E-state index contributed by atoms with van der Waals surface area (Å²) in [7, 11) is 1.69. The fourth-order valence-corrected chi connectivity index (χ4v) is 2.37. The van der Waals surface area contributed by atoms with Crippen molar-refractivity contribution in [2.24, 2.45) is 0 Å². The van der Waals surface area contributed by atoms with Crippen LogP contribution in [0, 0.1) is 0 Å². The highest BCUT2D eigenvalue weighted by Gasteiger charge is 2.29. The van der Waals surface area contributed by atoms with Crippen LogP contribution in [0.2, 0.25) is 0 Å². The van der Waals surface area contributed by atoms with E-state index in [1.54, 1.807) is 32.2 Å². The molecule has 1 unspecified atom stereocenters. The maximum absolute atomic E-state index is 12.0. The number of nitrogens with zero attached hydrogens (tertiary/aromatic N) is 2. The van der Waals surface area contributed by atoms with Crippen molar-refractivity contribution >= 4 is 23.7 Å². The molecule has 0 saturated carbocycles. The van der Waals surface area contributed by atoms with E-state index in [1.165, 1.54) is 4.90 Å². The number of likely N-dealkylation sites (N-methyl/N-ethyl adjacent to an activating group) is 1. The highest BCUT2D eigenvalue weighted by Crippen LogP contribution is 2.37. The van der Waals surface area contributed by atoms with Crippen LogP contribution in [0.3, 0.4) is 0 Å². The number of H-pyrrole nitrogens is 1. The summed E-state index contributed by atoms with van der Waals surface area (Å²) in [5.41, 5.74) is 7.80. The summed E-state index contributed by atoms with van der Waals surface area (Å²) >= 11 is 0. The van der Waals surface area contributed by atoms with E-state index >= 15 is 0 Å². The van der Waals surface area contributed by atoms with Crippen molar-refractivity contribution in [3.63, 3.8) is 0 Å². The first-order valence-electron chi connectivity index (χ1n) is 6.40. The number of fused-ring (bicyclic) bond motifs is 1. The van der Waals surface area contributed by atoms with E-state index in [9.17, 15) is 9.59 Å². The molecule has 1 aromatic heterocycles. The zero-order valence-electron chi connectivity index (χ0n) is 11.6. The Kier molecular flexibility index (Phi) is 2.90. The minimum absolute atomic E-state index is 0.126. The number of ether oxygens (including phenoxy) is 1. The average Bonchev–Trinajstić information content (AvgIpc) is 2.85. The number of hydrogen-bond donors (Lipinski definition) is 2. The molecule has 0 aliphatic carbocycles. The van der Waals surface area contributed by atoms with Gasteiger partial charge in [-0.15, -0.1) is 0 Å². The van der Waals surface area contributed by atoms with Crippen LogP contribution in [-0.4, -0.2) is 35.5 Å². The van der Waals surface area contributed by atoms with Gasteiger partial charge in [-0.05, 0) is 25.1 Å². The van der Waals surface area contributed by atoms with Gasteiger partial charge in [0.25, 0.3) is 5.91 Å². The summed E-state index contributed by atoms with van der Waals surface area (Å²) in [4.78, 5) is 24.6. The Morgan fingerprint density at radius 1 is 1.48 bits per heavy atom. The van der Waals surface area contributed by atoms with Crippen molar-refractivity contribution in [2.75, 3.05) is 17.7 Å². The third-order valence-electron chi connectivity index (χ3n) is 3.54. The van der Waals surface area contributed by atoms with Gasteiger partial charge in [-0.3, -0.25) is 14.7 Å². The molecule has 1 aliphatic rings. The molecular weight excluding hydrogens is 272 g/mol. The van der Waals surface area contributed by atoms with Crippen molar-refractivity contribution in [1.29, 1.82) is 0 Å². The second-order valence-corrected chi connectivity index (χ2v) is 4.86. The molecule has 0 spiro atoms. The zero-order chi connectivity index (χ0) is 15.1. The number of carbonyl (C=O) groups excluding carboxylic acids is 2. The molecule has 21 heavy (non-hydrogen) atoms. The molecule has 2 heterocycles. The summed E-state index contributed by atoms with van der Waals surface area (Å²) in [5, 5.41) is 6.56. The van der Waals surface area contributed by atoms with Crippen LogP contribution in [0.4, 0.5) is 11.5 Å². The minimum Gasteiger partial charge on any atom is -0.479 e. The van der Waals surface area contributed by atoms with E-state index in [0.29, 0.717) is 34.5 Å². The number of aldehydes is 1. The van der Waals surface area contributed by atoms with Crippen LogP contribution < -0.4 is 15.4 Å². The maximum Gasteiger partial charge on any atom is 0.267 e. The van der Waals surface area contributed by atoms with Gasteiger partial charge in [0.05, 0.1) is 16.9 Å². The molecule has 0 bridgehead atoms. The van der Waals surface area contributed by atoms with E-state index in [-0.39, 0.29) is 11.7 Å². The third kappa shape index (κ3) is 1.94. The van der Waals surface area contributed by atoms with E-state index in [2.05, 4.69) is 10.2 Å². The molecule has 7 nitrogen and oxygen atoms in total. The lowest BCUT2D eigenvalue weighted by atomic mass is 10.1. The number of benzene rings is 1. The van der Waals surface area contributed by atoms with Gasteiger partial charge < -0.3 is 15.4 Å². The predicted molar refractivity (Wildman–Crippen MR) is 77.3 cm³/mol. The van der Waals surface area contributed by atoms with Gasteiger partial charge in [-0.25, -0.2) is 0 Å². The third-order valence-corrected chi connectivity index (χ3v) is 3.54. The van der Waals surface area contributed by atoms with E-state index in [4.69, 9.17) is 10.5 Å². The molecule has 2 aromatic rings. The van der Waals surface area contributed by atoms with Gasteiger partial charge >= 0.3 is 0 Å². The molecule has 108 valence electrons. The normalized spacial score (nSPS) is 17.3. The van der Waals surface area contributed by atoms with Crippen molar-refractivity contribution in [2.45, 2.75) is 13.0 Å². The quantitative estimate of drug-likeness (QED) is 0.808. The fraction of sp³-hybridized carbons (Fsp3) is 0.214. The number of nitrogens with two attached hydrogens (primary N) is 1. The van der Waals surface area contributed by atoms with Crippen LogP contribution in [0.5, 0.6) is 5.75 Å². The molecule has 1 atom stereocenters. The average molecular weight is 286 g/mol. The van der Waals surface area contributed by atoms with Crippen molar-refractivity contribution < 1.29 is 14.3 Å². The number of carbonyl (C=O) groups is 2. The molecule has 1 amide bonds. The lowest BCUT2D eigenvalue weighted by molar-refractivity contribution is -0.125. The Hall–Kier alpha value is -2.83. The van der Waals surface area contributed by atoms with Crippen LogP contribution in [0.15, 0.2) is 18.2 Å². The van der Waals surface area contributed by atoms with Gasteiger partial charge in [-0.1, -0.05) is 0 Å². The van der Waals surface area contributed by atoms with Crippen LogP contribution >= 0.6 is 0 Å². The largest absolute Gasteiger partial charge is 0.479 e. The molecule has 0 fully saturated rings. The summed E-state index contributed by atoms with van der Waals surface area (Å²) in [5.74, 6) is 0.639. The Morgan fingerprint density at radius 2 is 2.24 bits per heavy atom.